The molecule has 2 atom stereocenters. The molecule has 1 aliphatic heterocycles. The number of nitrogens with zero attached hydrogens (tertiary/aromatic N) is 1. The van der Waals surface area contributed by atoms with Crippen molar-refractivity contribution in [2.45, 2.75) is 45.8 Å². The van der Waals surface area contributed by atoms with Gasteiger partial charge in [-0.15, -0.1) is 0 Å². The summed E-state index contributed by atoms with van der Waals surface area (Å²) in [5, 5.41) is 12.8. The summed E-state index contributed by atoms with van der Waals surface area (Å²) in [4.78, 5) is 14.1. The van der Waals surface area contributed by atoms with E-state index in [4.69, 9.17) is 4.74 Å². The van der Waals surface area contributed by atoms with Gasteiger partial charge >= 0.3 is 6.03 Å². The zero-order chi connectivity index (χ0) is 16.3. The Bertz CT molecular complexity index is 531. The zero-order valence-corrected chi connectivity index (χ0v) is 13.8. The van der Waals surface area contributed by atoms with Crippen molar-refractivity contribution in [2.75, 3.05) is 25.1 Å². The van der Waals surface area contributed by atoms with Crippen LogP contribution < -0.4 is 5.32 Å². The maximum atomic E-state index is 12.5. The minimum atomic E-state index is -0.616. The Morgan fingerprint density at radius 3 is 2.73 bits per heavy atom. The number of carbonyl (C=O) groups is 1. The average Bonchev–Trinajstić information content (AvgIpc) is 2.88. The molecule has 0 bridgehead atoms. The van der Waals surface area contributed by atoms with Crippen LogP contribution in [-0.4, -0.2) is 47.9 Å². The molecule has 0 aromatic heterocycles. The number of benzene rings is 1. The topological polar surface area (TPSA) is 61.8 Å². The fourth-order valence-electron chi connectivity index (χ4n) is 2.89. The molecule has 5 heteroatoms. The molecule has 0 aliphatic carbocycles. The van der Waals surface area contributed by atoms with Crippen molar-refractivity contribution in [3.63, 3.8) is 0 Å². The molecule has 1 aromatic carbocycles. The van der Waals surface area contributed by atoms with E-state index in [1.807, 2.05) is 25.1 Å². The van der Waals surface area contributed by atoms with Gasteiger partial charge in [-0.2, -0.15) is 0 Å². The molecule has 2 rings (SSSR count). The molecule has 2 amide bonds. The molecule has 22 heavy (non-hydrogen) atoms. The van der Waals surface area contributed by atoms with Gasteiger partial charge in [0.25, 0.3) is 0 Å². The van der Waals surface area contributed by atoms with Crippen LogP contribution in [0, 0.1) is 6.92 Å². The summed E-state index contributed by atoms with van der Waals surface area (Å²) in [5.74, 6) is 0.407. The monoisotopic (exact) mass is 306 g/mol. The normalized spacial score (nSPS) is 21.2. The van der Waals surface area contributed by atoms with E-state index >= 15 is 0 Å². The summed E-state index contributed by atoms with van der Waals surface area (Å²) >= 11 is 0. The third-order valence-electron chi connectivity index (χ3n) is 4.18. The lowest BCUT2D eigenvalue weighted by Gasteiger charge is -2.29. The molecule has 0 spiro atoms. The first-order valence-corrected chi connectivity index (χ1v) is 7.88. The first-order valence-electron chi connectivity index (χ1n) is 7.88. The van der Waals surface area contributed by atoms with Crippen LogP contribution in [0.3, 0.4) is 0 Å². The number of likely N-dealkylation sites (N-methyl/N-ethyl adjacent to an activating group) is 1. The zero-order valence-electron chi connectivity index (χ0n) is 13.8. The largest absolute Gasteiger partial charge is 0.388 e. The maximum absolute atomic E-state index is 12.5. The van der Waals surface area contributed by atoms with Crippen LogP contribution in [0.15, 0.2) is 18.2 Å². The molecule has 122 valence electrons. The number of urea groups is 1. The molecule has 1 aliphatic rings. The molecule has 1 heterocycles. The average molecular weight is 306 g/mol. The van der Waals surface area contributed by atoms with Crippen molar-refractivity contribution in [2.24, 2.45) is 0 Å². The predicted octanol–water partition coefficient (Wildman–Crippen LogP) is 2.73. The van der Waals surface area contributed by atoms with Crippen molar-refractivity contribution in [3.05, 3.63) is 29.3 Å². The smallest absolute Gasteiger partial charge is 0.322 e. The second-order valence-corrected chi connectivity index (χ2v) is 6.11. The summed E-state index contributed by atoms with van der Waals surface area (Å²) in [6.45, 7) is 9.45. The van der Waals surface area contributed by atoms with Crippen LogP contribution in [0.1, 0.15) is 37.8 Å². The number of aryl methyl sites for hydroxylation is 1. The van der Waals surface area contributed by atoms with E-state index in [0.29, 0.717) is 19.1 Å². The fourth-order valence-corrected chi connectivity index (χ4v) is 2.89. The van der Waals surface area contributed by atoms with Gasteiger partial charge in [0, 0.05) is 12.2 Å². The van der Waals surface area contributed by atoms with Gasteiger partial charge in [-0.3, -0.25) is 0 Å². The summed E-state index contributed by atoms with van der Waals surface area (Å²) in [6.07, 6.45) is -0.616. The Morgan fingerprint density at radius 1 is 1.45 bits per heavy atom. The van der Waals surface area contributed by atoms with Crippen LogP contribution in [0.25, 0.3) is 0 Å². The SMILES string of the molecule is CCN(C(=O)Nc1ccc(C)c(C(C)C)c1)[C@@H]1COC[C@H]1O. The Labute approximate surface area is 132 Å². The van der Waals surface area contributed by atoms with E-state index in [-0.39, 0.29) is 18.7 Å². The van der Waals surface area contributed by atoms with Crippen LogP contribution in [0.4, 0.5) is 10.5 Å². The van der Waals surface area contributed by atoms with Gasteiger partial charge in [0.05, 0.1) is 25.4 Å². The predicted molar refractivity (Wildman–Crippen MR) is 87.3 cm³/mol. The molecule has 0 saturated carbocycles. The Balaban J connectivity index is 2.12. The lowest BCUT2D eigenvalue weighted by molar-refractivity contribution is 0.1000. The van der Waals surface area contributed by atoms with Gasteiger partial charge < -0.3 is 20.1 Å². The van der Waals surface area contributed by atoms with Crippen molar-refractivity contribution in [1.29, 1.82) is 0 Å². The third-order valence-corrected chi connectivity index (χ3v) is 4.18. The minimum Gasteiger partial charge on any atom is -0.388 e. The lowest BCUT2D eigenvalue weighted by atomic mass is 9.97. The van der Waals surface area contributed by atoms with Crippen LogP contribution in [0.5, 0.6) is 0 Å². The molecular formula is C17H26N2O3. The standard InChI is InChI=1S/C17H26N2O3/c1-5-19(15-9-22-10-16(15)20)17(21)18-13-7-6-12(4)14(8-13)11(2)3/h6-8,11,15-16,20H,5,9-10H2,1-4H3,(H,18,21)/t15-,16-/m1/s1. The number of carbonyl (C=O) groups excluding carboxylic acids is 1. The number of hydrogen-bond donors (Lipinski definition) is 2. The summed E-state index contributed by atoms with van der Waals surface area (Å²) in [5.41, 5.74) is 3.23. The Hall–Kier alpha value is -1.59. The minimum absolute atomic E-state index is 0.199. The molecule has 2 N–H and O–H groups in total. The molecule has 0 radical (unpaired) electrons. The lowest BCUT2D eigenvalue weighted by Crippen LogP contribution is -2.48. The Morgan fingerprint density at radius 2 is 2.18 bits per heavy atom. The van der Waals surface area contributed by atoms with Crippen molar-refractivity contribution >= 4 is 11.7 Å². The highest BCUT2D eigenvalue weighted by Gasteiger charge is 2.33. The number of ether oxygens (including phenoxy) is 1. The number of rotatable bonds is 4. The first-order chi connectivity index (χ1) is 10.4. The van der Waals surface area contributed by atoms with E-state index in [1.165, 1.54) is 11.1 Å². The van der Waals surface area contributed by atoms with Crippen LogP contribution in [0.2, 0.25) is 0 Å². The molecule has 5 nitrogen and oxygen atoms in total. The van der Waals surface area contributed by atoms with Crippen LogP contribution >= 0.6 is 0 Å². The second kappa shape index (κ2) is 7.11. The molecule has 0 unspecified atom stereocenters. The van der Waals surface area contributed by atoms with Gasteiger partial charge in [-0.25, -0.2) is 4.79 Å². The Kier molecular flexibility index (Phi) is 5.42. The molecule has 1 fully saturated rings. The number of nitrogens with one attached hydrogen (secondary N) is 1. The highest BCUT2D eigenvalue weighted by Crippen LogP contribution is 2.23. The van der Waals surface area contributed by atoms with E-state index in [1.54, 1.807) is 4.90 Å². The number of anilines is 1. The van der Waals surface area contributed by atoms with Crippen LogP contribution in [-0.2, 0) is 4.74 Å². The number of amides is 2. The molecule has 1 saturated heterocycles. The highest BCUT2D eigenvalue weighted by molar-refractivity contribution is 5.89. The summed E-state index contributed by atoms with van der Waals surface area (Å²) < 4.78 is 5.25. The van der Waals surface area contributed by atoms with Gasteiger partial charge in [0.2, 0.25) is 0 Å². The summed E-state index contributed by atoms with van der Waals surface area (Å²) in [7, 11) is 0. The quantitative estimate of drug-likeness (QED) is 0.899. The van der Waals surface area contributed by atoms with Crippen molar-refractivity contribution in [3.8, 4) is 0 Å². The maximum Gasteiger partial charge on any atom is 0.322 e. The van der Waals surface area contributed by atoms with E-state index in [0.717, 1.165) is 5.69 Å². The van der Waals surface area contributed by atoms with Gasteiger partial charge in [0.15, 0.2) is 0 Å². The fraction of sp³-hybridized carbons (Fsp3) is 0.588. The van der Waals surface area contributed by atoms with E-state index in [2.05, 4.69) is 26.1 Å². The van der Waals surface area contributed by atoms with E-state index < -0.39 is 6.10 Å². The van der Waals surface area contributed by atoms with E-state index in [9.17, 15) is 9.90 Å². The second-order valence-electron chi connectivity index (χ2n) is 6.11. The van der Waals surface area contributed by atoms with Crippen molar-refractivity contribution in [1.82, 2.24) is 4.90 Å². The number of aliphatic hydroxyl groups excluding tert-OH is 1. The third kappa shape index (κ3) is 3.59. The van der Waals surface area contributed by atoms with Crippen molar-refractivity contribution < 1.29 is 14.6 Å². The van der Waals surface area contributed by atoms with Gasteiger partial charge in [0.1, 0.15) is 0 Å². The molecule has 1 aromatic rings. The first kappa shape index (κ1) is 16.8. The molecular weight excluding hydrogens is 280 g/mol. The van der Waals surface area contributed by atoms with Gasteiger partial charge in [-0.05, 0) is 43.0 Å². The number of hydrogen-bond acceptors (Lipinski definition) is 3. The van der Waals surface area contributed by atoms with Gasteiger partial charge in [-0.1, -0.05) is 19.9 Å². The number of aliphatic hydroxyl groups is 1. The summed E-state index contributed by atoms with van der Waals surface area (Å²) in [6, 6.07) is 5.48. The highest BCUT2D eigenvalue weighted by atomic mass is 16.5.